The molecule has 2 rings (SSSR count). The number of aryl methyl sites for hydroxylation is 1. The van der Waals surface area contributed by atoms with E-state index in [1.165, 1.54) is 12.1 Å². The summed E-state index contributed by atoms with van der Waals surface area (Å²) in [5, 5.41) is 3.26. The van der Waals surface area contributed by atoms with Crippen LogP contribution in [-0.2, 0) is 13.1 Å². The van der Waals surface area contributed by atoms with Crippen LogP contribution in [0.25, 0.3) is 0 Å². The van der Waals surface area contributed by atoms with Crippen LogP contribution >= 0.6 is 0 Å². The van der Waals surface area contributed by atoms with Gasteiger partial charge < -0.3 is 14.8 Å². The van der Waals surface area contributed by atoms with Gasteiger partial charge in [-0.25, -0.2) is 4.39 Å². The first kappa shape index (κ1) is 19.7. The number of guanidine groups is 1. The predicted octanol–water partition coefficient (Wildman–Crippen LogP) is 2.87. The molecule has 5 nitrogen and oxygen atoms in total. The van der Waals surface area contributed by atoms with E-state index < -0.39 is 0 Å². The summed E-state index contributed by atoms with van der Waals surface area (Å²) in [6.45, 7) is 4.75. The monoisotopic (exact) mass is 358 g/mol. The van der Waals surface area contributed by atoms with E-state index in [1.54, 1.807) is 22.8 Å². The molecule has 0 fully saturated rings. The summed E-state index contributed by atoms with van der Waals surface area (Å²) >= 11 is 0. The van der Waals surface area contributed by atoms with Crippen LogP contribution in [0.15, 0.2) is 58.4 Å². The molecule has 1 heterocycles. The van der Waals surface area contributed by atoms with Crippen LogP contribution in [0.5, 0.6) is 0 Å². The zero-order valence-electron chi connectivity index (χ0n) is 15.5. The maximum atomic E-state index is 13.3. The van der Waals surface area contributed by atoms with Crippen LogP contribution in [0, 0.1) is 5.82 Å². The predicted molar refractivity (Wildman–Crippen MR) is 104 cm³/mol. The van der Waals surface area contributed by atoms with Gasteiger partial charge in [-0.15, -0.1) is 0 Å². The van der Waals surface area contributed by atoms with Crippen LogP contribution in [0.1, 0.15) is 25.3 Å². The van der Waals surface area contributed by atoms with Crippen LogP contribution < -0.4 is 10.9 Å². The lowest BCUT2D eigenvalue weighted by Gasteiger charge is -2.22. The molecule has 0 aliphatic carbocycles. The van der Waals surface area contributed by atoms with Gasteiger partial charge in [-0.05, 0) is 43.5 Å². The molecule has 0 radical (unpaired) electrons. The molecule has 1 N–H and O–H groups in total. The summed E-state index contributed by atoms with van der Waals surface area (Å²) in [6.07, 6.45) is 3.59. The van der Waals surface area contributed by atoms with Crippen molar-refractivity contribution in [1.29, 1.82) is 0 Å². The van der Waals surface area contributed by atoms with Crippen LogP contribution in [0.2, 0.25) is 0 Å². The van der Waals surface area contributed by atoms with E-state index in [-0.39, 0.29) is 11.4 Å². The van der Waals surface area contributed by atoms with E-state index in [9.17, 15) is 9.18 Å². The summed E-state index contributed by atoms with van der Waals surface area (Å²) in [4.78, 5) is 18.3. The van der Waals surface area contributed by atoms with Gasteiger partial charge in [-0.2, -0.15) is 0 Å². The van der Waals surface area contributed by atoms with Crippen molar-refractivity contribution in [2.45, 2.75) is 32.9 Å². The van der Waals surface area contributed by atoms with Gasteiger partial charge in [0.1, 0.15) is 5.82 Å². The third-order valence-corrected chi connectivity index (χ3v) is 3.97. The Balaban J connectivity index is 1.85. The Labute approximate surface area is 154 Å². The molecule has 0 spiro atoms. The second-order valence-electron chi connectivity index (χ2n) is 6.16. The van der Waals surface area contributed by atoms with E-state index >= 15 is 0 Å². The van der Waals surface area contributed by atoms with Gasteiger partial charge in [-0.1, -0.05) is 18.2 Å². The van der Waals surface area contributed by atoms with E-state index in [0.717, 1.165) is 30.9 Å². The van der Waals surface area contributed by atoms with E-state index in [1.807, 2.05) is 37.2 Å². The first-order chi connectivity index (χ1) is 12.6. The molecule has 26 heavy (non-hydrogen) atoms. The highest BCUT2D eigenvalue weighted by Crippen LogP contribution is 2.06. The Kier molecular flexibility index (Phi) is 7.86. The zero-order valence-corrected chi connectivity index (χ0v) is 15.5. The lowest BCUT2D eigenvalue weighted by atomic mass is 10.2. The summed E-state index contributed by atoms with van der Waals surface area (Å²) in [5.74, 6) is 0.572. The largest absolute Gasteiger partial charge is 0.357 e. The molecule has 0 unspecified atom stereocenters. The second-order valence-corrected chi connectivity index (χ2v) is 6.16. The van der Waals surface area contributed by atoms with Gasteiger partial charge >= 0.3 is 0 Å². The van der Waals surface area contributed by atoms with E-state index in [4.69, 9.17) is 0 Å². The fourth-order valence-corrected chi connectivity index (χ4v) is 2.68. The number of nitrogens with zero attached hydrogens (tertiary/aromatic N) is 3. The lowest BCUT2D eigenvalue weighted by Crippen LogP contribution is -2.38. The normalized spacial score (nSPS) is 11.4. The Hall–Kier alpha value is -2.63. The number of hydrogen-bond acceptors (Lipinski definition) is 2. The average Bonchev–Trinajstić information content (AvgIpc) is 2.62. The van der Waals surface area contributed by atoms with Crippen molar-refractivity contribution in [3.8, 4) is 0 Å². The minimum absolute atomic E-state index is 0.0270. The highest BCUT2D eigenvalue weighted by Gasteiger charge is 2.07. The number of hydrogen-bond donors (Lipinski definition) is 1. The fraction of sp³-hybridized carbons (Fsp3) is 0.400. The molecule has 0 amide bonds. The molecular formula is C20H27FN4O. The van der Waals surface area contributed by atoms with E-state index in [2.05, 4.69) is 10.3 Å². The molecule has 1 aromatic carbocycles. The van der Waals surface area contributed by atoms with Gasteiger partial charge in [0.2, 0.25) is 5.56 Å². The van der Waals surface area contributed by atoms with Gasteiger partial charge in [-0.3, -0.25) is 9.79 Å². The second kappa shape index (κ2) is 10.4. The smallest absolute Gasteiger partial charge is 0.250 e. The number of pyridine rings is 1. The van der Waals surface area contributed by atoms with Crippen molar-refractivity contribution >= 4 is 5.96 Å². The summed E-state index contributed by atoms with van der Waals surface area (Å²) in [5.41, 5.74) is 0.931. The standard InChI is InChI=1S/C20H27FN4O/c1-3-22-20(24(2)16-17-9-8-10-18(21)15-17)23-12-5-7-14-25-13-6-4-11-19(25)26/h4,6,8-11,13,15H,3,5,7,12,14,16H2,1-2H3,(H,22,23). The number of aliphatic imine (C=N–C) groups is 1. The lowest BCUT2D eigenvalue weighted by molar-refractivity contribution is 0.473. The number of unbranched alkanes of at least 4 members (excludes halogenated alkanes) is 1. The van der Waals surface area contributed by atoms with Crippen molar-refractivity contribution in [1.82, 2.24) is 14.8 Å². The first-order valence-corrected chi connectivity index (χ1v) is 8.99. The first-order valence-electron chi connectivity index (χ1n) is 8.99. The molecule has 0 bridgehead atoms. The Morgan fingerprint density at radius 1 is 1.23 bits per heavy atom. The molecule has 0 saturated carbocycles. The molecule has 0 aliphatic rings. The van der Waals surface area contributed by atoms with Gasteiger partial charge in [0, 0.05) is 45.5 Å². The number of rotatable bonds is 8. The SMILES string of the molecule is CCNC(=NCCCCn1ccccc1=O)N(C)Cc1cccc(F)c1. The maximum absolute atomic E-state index is 13.3. The minimum atomic E-state index is -0.228. The summed E-state index contributed by atoms with van der Waals surface area (Å²) < 4.78 is 15.0. The Morgan fingerprint density at radius 3 is 2.81 bits per heavy atom. The average molecular weight is 358 g/mol. The molecule has 0 atom stereocenters. The number of aromatic nitrogens is 1. The van der Waals surface area contributed by atoms with Crippen molar-refractivity contribution in [2.24, 2.45) is 4.99 Å². The van der Waals surface area contributed by atoms with Crippen LogP contribution in [-0.4, -0.2) is 35.6 Å². The molecule has 1 aromatic heterocycles. The molecule has 140 valence electrons. The van der Waals surface area contributed by atoms with Gasteiger partial charge in [0.05, 0.1) is 0 Å². The summed E-state index contributed by atoms with van der Waals surface area (Å²) in [7, 11) is 1.94. The topological polar surface area (TPSA) is 49.6 Å². The zero-order chi connectivity index (χ0) is 18.8. The molecule has 0 saturated heterocycles. The molecular weight excluding hydrogens is 331 g/mol. The van der Waals surface area contributed by atoms with Gasteiger partial charge in [0.15, 0.2) is 5.96 Å². The minimum Gasteiger partial charge on any atom is -0.357 e. The highest BCUT2D eigenvalue weighted by atomic mass is 19.1. The van der Waals surface area contributed by atoms with Crippen LogP contribution in [0.3, 0.4) is 0 Å². The Morgan fingerprint density at radius 2 is 2.08 bits per heavy atom. The Bertz CT molecular complexity index is 772. The summed E-state index contributed by atoms with van der Waals surface area (Å²) in [6, 6.07) is 11.8. The van der Waals surface area contributed by atoms with E-state index in [0.29, 0.717) is 19.6 Å². The number of nitrogens with one attached hydrogen (secondary N) is 1. The van der Waals surface area contributed by atoms with Crippen molar-refractivity contribution in [3.63, 3.8) is 0 Å². The number of benzene rings is 1. The third kappa shape index (κ3) is 6.35. The molecule has 2 aromatic rings. The van der Waals surface area contributed by atoms with Crippen molar-refractivity contribution < 1.29 is 4.39 Å². The third-order valence-electron chi connectivity index (χ3n) is 3.97. The van der Waals surface area contributed by atoms with Crippen molar-refractivity contribution in [2.75, 3.05) is 20.1 Å². The maximum Gasteiger partial charge on any atom is 0.250 e. The quantitative estimate of drug-likeness (QED) is 0.448. The van der Waals surface area contributed by atoms with Gasteiger partial charge in [0.25, 0.3) is 0 Å². The molecule has 0 aliphatic heterocycles. The fourth-order valence-electron chi connectivity index (χ4n) is 2.68. The molecule has 6 heteroatoms. The number of halogens is 1. The van der Waals surface area contributed by atoms with Crippen molar-refractivity contribution in [3.05, 3.63) is 70.4 Å². The van der Waals surface area contributed by atoms with Crippen LogP contribution in [0.4, 0.5) is 4.39 Å². The highest BCUT2D eigenvalue weighted by molar-refractivity contribution is 5.79.